The predicted molar refractivity (Wildman–Crippen MR) is 109 cm³/mol. The Morgan fingerprint density at radius 2 is 1.83 bits per heavy atom. The number of nitrogens with one attached hydrogen (secondary N) is 1. The molecule has 2 amide bonds. The third-order valence-corrected chi connectivity index (χ3v) is 6.63. The summed E-state index contributed by atoms with van der Waals surface area (Å²) in [5, 5.41) is 2.79. The Labute approximate surface area is 173 Å². The van der Waals surface area contributed by atoms with Crippen LogP contribution in [-0.2, 0) is 14.8 Å². The first-order chi connectivity index (χ1) is 13.7. The Hall–Kier alpha value is -2.78. The van der Waals surface area contributed by atoms with Crippen molar-refractivity contribution >= 4 is 44.8 Å². The summed E-state index contributed by atoms with van der Waals surface area (Å²) in [6, 6.07) is 8.88. The molecular weight excluding hydrogens is 420 g/mol. The first kappa shape index (κ1) is 20.9. The van der Waals surface area contributed by atoms with E-state index in [9.17, 15) is 18.0 Å². The smallest absolute Gasteiger partial charge is 0.257 e. The highest BCUT2D eigenvalue weighted by Crippen LogP contribution is 2.33. The zero-order valence-corrected chi connectivity index (χ0v) is 17.5. The summed E-state index contributed by atoms with van der Waals surface area (Å²) in [5.74, 6) is -1.12. The van der Waals surface area contributed by atoms with Gasteiger partial charge in [-0.1, -0.05) is 18.5 Å². The maximum absolute atomic E-state index is 12.7. The Morgan fingerprint density at radius 3 is 2.41 bits per heavy atom. The van der Waals surface area contributed by atoms with Crippen molar-refractivity contribution in [3.63, 3.8) is 0 Å². The number of benzene rings is 2. The molecule has 0 saturated carbocycles. The van der Waals surface area contributed by atoms with Crippen molar-refractivity contribution in [2.24, 2.45) is 5.92 Å². The molecule has 3 rings (SSSR count). The quantitative estimate of drug-likeness (QED) is 0.770. The first-order valence-electron chi connectivity index (χ1n) is 8.57. The van der Waals surface area contributed by atoms with Crippen LogP contribution in [0.2, 0.25) is 5.02 Å². The fourth-order valence-corrected chi connectivity index (χ4v) is 5.03. The van der Waals surface area contributed by atoms with Crippen molar-refractivity contribution in [2.45, 2.75) is 6.92 Å². The molecule has 1 heterocycles. The lowest BCUT2D eigenvalue weighted by Crippen LogP contribution is -2.30. The summed E-state index contributed by atoms with van der Waals surface area (Å²) in [4.78, 5) is 25.0. The fraction of sp³-hybridized carbons (Fsp3) is 0.263. The average molecular weight is 439 g/mol. The number of carbonyl (C=O) groups excluding carboxylic acids is 2. The van der Waals surface area contributed by atoms with Crippen LogP contribution in [0.5, 0.6) is 11.5 Å². The first-order valence-corrected chi connectivity index (χ1v) is 10.6. The number of hydrogen-bond acceptors (Lipinski definition) is 6. The van der Waals surface area contributed by atoms with Crippen LogP contribution in [0.25, 0.3) is 0 Å². The highest BCUT2D eigenvalue weighted by atomic mass is 35.5. The van der Waals surface area contributed by atoms with E-state index >= 15 is 0 Å². The minimum atomic E-state index is -3.79. The van der Waals surface area contributed by atoms with E-state index in [0.29, 0.717) is 17.2 Å². The van der Waals surface area contributed by atoms with Gasteiger partial charge in [-0.05, 0) is 30.3 Å². The van der Waals surface area contributed by atoms with Gasteiger partial charge >= 0.3 is 0 Å². The normalized spacial score (nSPS) is 17.9. The number of ether oxygens (including phenoxy) is 2. The second-order valence-corrected chi connectivity index (χ2v) is 8.74. The molecule has 0 aliphatic carbocycles. The summed E-state index contributed by atoms with van der Waals surface area (Å²) >= 11 is 6.15. The Morgan fingerprint density at radius 1 is 1.14 bits per heavy atom. The van der Waals surface area contributed by atoms with E-state index in [1.165, 1.54) is 32.4 Å². The lowest BCUT2D eigenvalue weighted by Gasteiger charge is -2.17. The van der Waals surface area contributed by atoms with E-state index < -0.39 is 27.8 Å². The number of methoxy groups -OCH3 is 2. The Bertz CT molecular complexity index is 1090. The molecule has 2 aromatic carbocycles. The van der Waals surface area contributed by atoms with Crippen LogP contribution in [0.4, 0.5) is 11.4 Å². The molecule has 0 bridgehead atoms. The van der Waals surface area contributed by atoms with E-state index in [4.69, 9.17) is 21.1 Å². The van der Waals surface area contributed by atoms with Crippen LogP contribution in [0.15, 0.2) is 36.4 Å². The highest BCUT2D eigenvalue weighted by molar-refractivity contribution is 7.94. The van der Waals surface area contributed by atoms with Gasteiger partial charge in [-0.3, -0.25) is 9.59 Å². The van der Waals surface area contributed by atoms with Gasteiger partial charge in [0.2, 0.25) is 15.9 Å². The van der Waals surface area contributed by atoms with Crippen molar-refractivity contribution < 1.29 is 27.5 Å². The molecule has 10 heteroatoms. The van der Waals surface area contributed by atoms with Crippen molar-refractivity contribution in [3.8, 4) is 11.5 Å². The number of amides is 2. The van der Waals surface area contributed by atoms with E-state index in [-0.39, 0.29) is 22.0 Å². The summed E-state index contributed by atoms with van der Waals surface area (Å²) in [6.45, 7) is 1.54. The van der Waals surface area contributed by atoms with E-state index in [2.05, 4.69) is 5.32 Å². The second kappa shape index (κ2) is 7.92. The van der Waals surface area contributed by atoms with Crippen LogP contribution in [0.3, 0.4) is 0 Å². The van der Waals surface area contributed by atoms with Crippen LogP contribution in [0.1, 0.15) is 17.3 Å². The number of anilines is 2. The molecule has 1 saturated heterocycles. The standard InChI is InChI=1S/C19H19ClN2O6S/c1-11-10-29(25,26)22(19(11)24)13-5-6-15(20)14(9-13)18(23)21-12-4-7-16(27-2)17(8-12)28-3/h4-9,11H,10H2,1-3H3,(H,21,23). The fourth-order valence-electron chi connectivity index (χ4n) is 3.01. The SMILES string of the molecule is COc1ccc(NC(=O)c2cc(N3C(=O)C(C)CS3(=O)=O)ccc2Cl)cc1OC. The van der Waals surface area contributed by atoms with Gasteiger partial charge in [0.25, 0.3) is 5.91 Å². The topological polar surface area (TPSA) is 102 Å². The molecule has 1 atom stereocenters. The third-order valence-electron chi connectivity index (χ3n) is 4.43. The molecule has 1 unspecified atom stereocenters. The molecule has 1 aliphatic rings. The number of halogens is 1. The van der Waals surface area contributed by atoms with E-state index in [1.54, 1.807) is 25.1 Å². The number of carbonyl (C=O) groups is 2. The minimum Gasteiger partial charge on any atom is -0.493 e. The van der Waals surface area contributed by atoms with Gasteiger partial charge in [0.15, 0.2) is 11.5 Å². The van der Waals surface area contributed by atoms with E-state index in [1.807, 2.05) is 0 Å². The predicted octanol–water partition coefficient (Wildman–Crippen LogP) is 2.92. The Balaban J connectivity index is 1.92. The zero-order valence-electron chi connectivity index (χ0n) is 15.9. The lowest BCUT2D eigenvalue weighted by molar-refractivity contribution is -0.119. The molecule has 2 aromatic rings. The molecule has 1 N–H and O–H groups in total. The second-order valence-electron chi connectivity index (χ2n) is 6.47. The molecular formula is C19H19ClN2O6S. The van der Waals surface area contributed by atoms with Gasteiger partial charge < -0.3 is 14.8 Å². The molecule has 29 heavy (non-hydrogen) atoms. The average Bonchev–Trinajstić information content (AvgIpc) is 2.89. The number of nitrogens with zero attached hydrogens (tertiary/aromatic N) is 1. The van der Waals surface area contributed by atoms with Crippen molar-refractivity contribution in [3.05, 3.63) is 47.0 Å². The van der Waals surface area contributed by atoms with Gasteiger partial charge in [0, 0.05) is 11.8 Å². The summed E-state index contributed by atoms with van der Waals surface area (Å²) < 4.78 is 35.7. The molecule has 1 aliphatic heterocycles. The van der Waals surface area contributed by atoms with Crippen molar-refractivity contribution in [1.82, 2.24) is 0 Å². The monoisotopic (exact) mass is 438 g/mol. The highest BCUT2D eigenvalue weighted by Gasteiger charge is 2.42. The number of sulfonamides is 1. The van der Waals surface area contributed by atoms with Gasteiger partial charge in [-0.25, -0.2) is 12.7 Å². The zero-order chi connectivity index (χ0) is 21.3. The van der Waals surface area contributed by atoms with Crippen LogP contribution in [0, 0.1) is 5.92 Å². The Kier molecular flexibility index (Phi) is 5.72. The summed E-state index contributed by atoms with van der Waals surface area (Å²) in [6.07, 6.45) is 0. The maximum atomic E-state index is 12.7. The molecule has 1 fully saturated rings. The molecule has 8 nitrogen and oxygen atoms in total. The largest absolute Gasteiger partial charge is 0.493 e. The van der Waals surface area contributed by atoms with Crippen LogP contribution < -0.4 is 19.1 Å². The lowest BCUT2D eigenvalue weighted by atomic mass is 10.1. The third kappa shape index (κ3) is 4.01. The van der Waals surface area contributed by atoms with Crippen LogP contribution in [-0.4, -0.2) is 40.2 Å². The molecule has 0 radical (unpaired) electrons. The minimum absolute atomic E-state index is 0.0292. The number of hydrogen-bond donors (Lipinski definition) is 1. The summed E-state index contributed by atoms with van der Waals surface area (Å²) in [5.41, 5.74) is 0.523. The van der Waals surface area contributed by atoms with Gasteiger partial charge in [-0.15, -0.1) is 0 Å². The van der Waals surface area contributed by atoms with Crippen molar-refractivity contribution in [1.29, 1.82) is 0 Å². The van der Waals surface area contributed by atoms with E-state index in [0.717, 1.165) is 4.31 Å². The van der Waals surface area contributed by atoms with Crippen molar-refractivity contribution in [2.75, 3.05) is 29.6 Å². The molecule has 154 valence electrons. The maximum Gasteiger partial charge on any atom is 0.257 e. The number of rotatable bonds is 5. The van der Waals surface area contributed by atoms with Crippen LogP contribution >= 0.6 is 11.6 Å². The van der Waals surface area contributed by atoms with Gasteiger partial charge in [0.05, 0.1) is 42.2 Å². The summed E-state index contributed by atoms with van der Waals surface area (Å²) in [7, 11) is -0.824. The molecule has 0 aromatic heterocycles. The van der Waals surface area contributed by atoms with Gasteiger partial charge in [0.1, 0.15) is 0 Å². The van der Waals surface area contributed by atoms with Gasteiger partial charge in [-0.2, -0.15) is 0 Å². The molecule has 0 spiro atoms.